The van der Waals surface area contributed by atoms with Gasteiger partial charge in [0.1, 0.15) is 22.7 Å². The SMILES string of the molecule is C#C.CCCc1cc(=O)oc2c3c(c4c(c12)OC(C)(C)C=C4)O[C@H](C)[C@@H](C)C3. The van der Waals surface area contributed by atoms with E-state index in [-0.39, 0.29) is 11.7 Å². The predicted molar refractivity (Wildman–Crippen MR) is 113 cm³/mol. The number of hydrogen-bond donors (Lipinski definition) is 0. The van der Waals surface area contributed by atoms with Crippen LogP contribution in [0.2, 0.25) is 0 Å². The van der Waals surface area contributed by atoms with Gasteiger partial charge in [0, 0.05) is 11.6 Å². The Morgan fingerprint density at radius 2 is 1.93 bits per heavy atom. The van der Waals surface area contributed by atoms with Crippen molar-refractivity contribution in [1.82, 2.24) is 0 Å². The van der Waals surface area contributed by atoms with Crippen LogP contribution in [0.15, 0.2) is 21.4 Å². The van der Waals surface area contributed by atoms with Crippen molar-refractivity contribution < 1.29 is 13.9 Å². The molecular weight excluding hydrogens is 352 g/mol. The number of rotatable bonds is 2. The maximum Gasteiger partial charge on any atom is 0.336 e. The van der Waals surface area contributed by atoms with Gasteiger partial charge in [0.05, 0.1) is 17.1 Å². The van der Waals surface area contributed by atoms with Gasteiger partial charge in [0.25, 0.3) is 0 Å². The average molecular weight is 380 g/mol. The Hall–Kier alpha value is -2.67. The van der Waals surface area contributed by atoms with Crippen molar-refractivity contribution in [3.8, 4) is 24.3 Å². The fourth-order valence-corrected chi connectivity index (χ4v) is 3.92. The lowest BCUT2D eigenvalue weighted by molar-refractivity contribution is 0.133. The highest BCUT2D eigenvalue weighted by Gasteiger charge is 2.35. The molecule has 0 spiro atoms. The number of hydrogen-bond acceptors (Lipinski definition) is 4. The molecular formula is C24H28O4. The Kier molecular flexibility index (Phi) is 5.30. The lowest BCUT2D eigenvalue weighted by Crippen LogP contribution is -2.31. The van der Waals surface area contributed by atoms with Crippen LogP contribution in [0, 0.1) is 18.8 Å². The smallest absolute Gasteiger partial charge is 0.336 e. The molecule has 0 aliphatic carbocycles. The summed E-state index contributed by atoms with van der Waals surface area (Å²) >= 11 is 0. The highest BCUT2D eigenvalue weighted by molar-refractivity contribution is 5.96. The summed E-state index contributed by atoms with van der Waals surface area (Å²) in [5.74, 6) is 1.94. The van der Waals surface area contributed by atoms with E-state index in [4.69, 9.17) is 13.9 Å². The minimum Gasteiger partial charge on any atom is -0.489 e. The molecule has 0 N–H and O–H groups in total. The normalized spacial score (nSPS) is 21.5. The Morgan fingerprint density at radius 1 is 1.21 bits per heavy atom. The molecule has 0 amide bonds. The van der Waals surface area contributed by atoms with Crippen LogP contribution in [0.4, 0.5) is 0 Å². The Labute approximate surface area is 166 Å². The summed E-state index contributed by atoms with van der Waals surface area (Å²) in [6.07, 6.45) is 14.9. The minimum atomic E-state index is -0.415. The van der Waals surface area contributed by atoms with Crippen LogP contribution in [0.5, 0.6) is 11.5 Å². The second-order valence-corrected chi connectivity index (χ2v) is 8.14. The second-order valence-electron chi connectivity index (χ2n) is 8.14. The quantitative estimate of drug-likeness (QED) is 0.535. The van der Waals surface area contributed by atoms with Gasteiger partial charge in [-0.25, -0.2) is 4.79 Å². The van der Waals surface area contributed by atoms with Gasteiger partial charge in [0.15, 0.2) is 0 Å². The standard InChI is InChI=1S/C22H26O4.C2H2/c1-6-7-14-11-17(23)25-20-16-10-12(2)13(3)24-19(16)15-8-9-22(4,5)26-21(15)18(14)20;1-2/h8-9,11-13H,6-7,10H2,1-5H3;1-2H/t12-,13+;/m0./s1. The summed E-state index contributed by atoms with van der Waals surface area (Å²) in [5.41, 5.74) is 2.88. The van der Waals surface area contributed by atoms with E-state index >= 15 is 0 Å². The van der Waals surface area contributed by atoms with Gasteiger partial charge in [-0.3, -0.25) is 0 Å². The molecule has 1 aromatic heterocycles. The number of fused-ring (bicyclic) bond motifs is 6. The van der Waals surface area contributed by atoms with Gasteiger partial charge in [0.2, 0.25) is 0 Å². The van der Waals surface area contributed by atoms with E-state index in [1.54, 1.807) is 6.07 Å². The highest BCUT2D eigenvalue weighted by atomic mass is 16.5. The van der Waals surface area contributed by atoms with Gasteiger partial charge >= 0.3 is 5.63 Å². The maximum absolute atomic E-state index is 12.2. The number of terminal acetylenes is 1. The third kappa shape index (κ3) is 3.30. The molecule has 1 aromatic carbocycles. The van der Waals surface area contributed by atoms with Crippen LogP contribution in [-0.2, 0) is 12.8 Å². The molecule has 0 bridgehead atoms. The minimum absolute atomic E-state index is 0.109. The first-order valence-electron chi connectivity index (χ1n) is 9.84. The molecule has 3 heterocycles. The summed E-state index contributed by atoms with van der Waals surface area (Å²) in [7, 11) is 0. The van der Waals surface area contributed by atoms with Gasteiger partial charge in [-0.15, -0.1) is 12.8 Å². The van der Waals surface area contributed by atoms with Crippen molar-refractivity contribution in [2.24, 2.45) is 5.92 Å². The fraction of sp³-hybridized carbons (Fsp3) is 0.458. The van der Waals surface area contributed by atoms with Crippen LogP contribution in [0.25, 0.3) is 17.0 Å². The zero-order valence-electron chi connectivity index (χ0n) is 17.3. The predicted octanol–water partition coefficient (Wildman–Crippen LogP) is 5.14. The molecule has 0 saturated heterocycles. The molecule has 0 unspecified atom stereocenters. The van der Waals surface area contributed by atoms with Crippen molar-refractivity contribution in [3.05, 3.63) is 39.3 Å². The lowest BCUT2D eigenvalue weighted by Gasteiger charge is -2.35. The number of ether oxygens (including phenoxy) is 2. The molecule has 4 rings (SSSR count). The highest BCUT2D eigenvalue weighted by Crippen LogP contribution is 2.49. The molecule has 0 radical (unpaired) electrons. The van der Waals surface area contributed by atoms with E-state index in [0.29, 0.717) is 11.5 Å². The molecule has 2 aliphatic rings. The Morgan fingerprint density at radius 3 is 2.61 bits per heavy atom. The van der Waals surface area contributed by atoms with Crippen LogP contribution < -0.4 is 15.1 Å². The van der Waals surface area contributed by atoms with Crippen LogP contribution in [0.1, 0.15) is 57.7 Å². The Bertz CT molecular complexity index is 1010. The number of benzene rings is 1. The molecule has 2 atom stereocenters. The van der Waals surface area contributed by atoms with E-state index in [0.717, 1.165) is 52.8 Å². The van der Waals surface area contributed by atoms with Crippen molar-refractivity contribution >= 4 is 17.0 Å². The first-order valence-corrected chi connectivity index (χ1v) is 9.84. The van der Waals surface area contributed by atoms with Gasteiger partial charge in [-0.2, -0.15) is 0 Å². The van der Waals surface area contributed by atoms with Crippen molar-refractivity contribution in [1.29, 1.82) is 0 Å². The van der Waals surface area contributed by atoms with Gasteiger partial charge in [-0.05, 0) is 57.2 Å². The molecule has 0 saturated carbocycles. The molecule has 148 valence electrons. The third-order valence-electron chi connectivity index (χ3n) is 5.47. The molecule has 4 nitrogen and oxygen atoms in total. The Balaban J connectivity index is 0.00000109. The van der Waals surface area contributed by atoms with E-state index < -0.39 is 5.60 Å². The monoisotopic (exact) mass is 380 g/mol. The van der Waals surface area contributed by atoms with Crippen LogP contribution in [-0.4, -0.2) is 11.7 Å². The lowest BCUT2D eigenvalue weighted by atomic mass is 9.87. The third-order valence-corrected chi connectivity index (χ3v) is 5.47. The molecule has 0 fully saturated rings. The van der Waals surface area contributed by atoms with E-state index in [2.05, 4.69) is 45.8 Å². The largest absolute Gasteiger partial charge is 0.489 e. The van der Waals surface area contributed by atoms with Crippen LogP contribution >= 0.6 is 0 Å². The maximum atomic E-state index is 12.2. The van der Waals surface area contributed by atoms with Gasteiger partial charge in [-0.1, -0.05) is 20.3 Å². The summed E-state index contributed by atoms with van der Waals surface area (Å²) in [5, 5.41) is 0.933. The van der Waals surface area contributed by atoms with E-state index in [1.807, 2.05) is 13.8 Å². The van der Waals surface area contributed by atoms with Crippen molar-refractivity contribution in [2.45, 2.75) is 65.6 Å². The number of aryl methyl sites for hydroxylation is 1. The molecule has 28 heavy (non-hydrogen) atoms. The fourth-order valence-electron chi connectivity index (χ4n) is 3.92. The van der Waals surface area contributed by atoms with E-state index in [1.165, 1.54) is 0 Å². The molecule has 4 heteroatoms. The summed E-state index contributed by atoms with van der Waals surface area (Å²) in [4.78, 5) is 12.2. The van der Waals surface area contributed by atoms with Crippen LogP contribution in [0.3, 0.4) is 0 Å². The second kappa shape index (κ2) is 7.39. The van der Waals surface area contributed by atoms with Gasteiger partial charge < -0.3 is 13.9 Å². The first kappa shape index (κ1) is 20.1. The summed E-state index contributed by atoms with van der Waals surface area (Å²) < 4.78 is 18.3. The van der Waals surface area contributed by atoms with Crippen molar-refractivity contribution in [3.63, 3.8) is 0 Å². The topological polar surface area (TPSA) is 48.7 Å². The summed E-state index contributed by atoms with van der Waals surface area (Å²) in [6.45, 7) is 10.4. The average Bonchev–Trinajstić information content (AvgIpc) is 2.64. The first-order chi connectivity index (χ1) is 13.3. The molecule has 2 aliphatic heterocycles. The van der Waals surface area contributed by atoms with E-state index in [9.17, 15) is 4.79 Å². The summed E-state index contributed by atoms with van der Waals surface area (Å²) in [6, 6.07) is 1.61. The van der Waals surface area contributed by atoms with Crippen molar-refractivity contribution in [2.75, 3.05) is 0 Å². The zero-order valence-corrected chi connectivity index (χ0v) is 17.3. The molecule has 2 aromatic rings. The zero-order chi connectivity index (χ0) is 20.6.